The number of hydrogen-bond donors (Lipinski definition) is 0. The molecule has 2 saturated heterocycles. The Morgan fingerprint density at radius 3 is 2.65 bits per heavy atom. The molecule has 146 valence electrons. The summed E-state index contributed by atoms with van der Waals surface area (Å²) in [4.78, 5) is 7.43. The van der Waals surface area contributed by atoms with Crippen LogP contribution in [0.25, 0.3) is 0 Å². The minimum Gasteiger partial charge on any atom is -0.493 e. The Balaban J connectivity index is 1.61. The van der Waals surface area contributed by atoms with Gasteiger partial charge in [0, 0.05) is 37.8 Å². The van der Waals surface area contributed by atoms with E-state index in [4.69, 9.17) is 9.47 Å². The lowest BCUT2D eigenvalue weighted by Crippen LogP contribution is -2.40. The molecule has 1 aromatic rings. The van der Waals surface area contributed by atoms with E-state index in [9.17, 15) is 0 Å². The van der Waals surface area contributed by atoms with Gasteiger partial charge in [0.2, 0.25) is 0 Å². The molecule has 1 atom stereocenters. The van der Waals surface area contributed by atoms with Gasteiger partial charge < -0.3 is 14.4 Å². The predicted octanol–water partition coefficient (Wildman–Crippen LogP) is 2.70. The molecule has 26 heavy (non-hydrogen) atoms. The fraction of sp³-hybridized carbons (Fsp3) is 0.714. The third kappa shape index (κ3) is 5.12. The first-order valence-electron chi connectivity index (χ1n) is 10.1. The van der Waals surface area contributed by atoms with E-state index in [1.165, 1.54) is 57.4 Å². The van der Waals surface area contributed by atoms with E-state index in [0.29, 0.717) is 6.61 Å². The van der Waals surface area contributed by atoms with Crippen LogP contribution in [0.2, 0.25) is 0 Å². The third-order valence-electron chi connectivity index (χ3n) is 5.61. The molecule has 0 saturated carbocycles. The number of rotatable bonds is 8. The first-order chi connectivity index (χ1) is 12.7. The van der Waals surface area contributed by atoms with Gasteiger partial charge in [-0.1, -0.05) is 18.6 Å². The van der Waals surface area contributed by atoms with Crippen molar-refractivity contribution in [3.63, 3.8) is 0 Å². The van der Waals surface area contributed by atoms with Crippen molar-refractivity contribution in [2.24, 2.45) is 0 Å². The van der Waals surface area contributed by atoms with Crippen molar-refractivity contribution in [1.29, 1.82) is 0 Å². The fourth-order valence-electron chi connectivity index (χ4n) is 4.12. The van der Waals surface area contributed by atoms with Gasteiger partial charge in [0.25, 0.3) is 0 Å². The molecular weight excluding hydrogens is 326 g/mol. The highest BCUT2D eigenvalue weighted by Gasteiger charge is 2.29. The molecule has 3 rings (SSSR count). The van der Waals surface area contributed by atoms with Gasteiger partial charge in [-0.3, -0.25) is 9.80 Å². The molecule has 2 fully saturated rings. The van der Waals surface area contributed by atoms with E-state index in [0.717, 1.165) is 30.6 Å². The van der Waals surface area contributed by atoms with E-state index in [1.54, 1.807) is 7.11 Å². The van der Waals surface area contributed by atoms with Crippen molar-refractivity contribution in [2.75, 3.05) is 60.5 Å². The van der Waals surface area contributed by atoms with Crippen LogP contribution in [0.5, 0.6) is 11.5 Å². The molecule has 0 aromatic heterocycles. The summed E-state index contributed by atoms with van der Waals surface area (Å²) in [5.41, 5.74) is 1.24. The lowest BCUT2D eigenvalue weighted by atomic mass is 10.1. The molecular formula is C21H35N3O2. The highest BCUT2D eigenvalue weighted by Crippen LogP contribution is 2.33. The van der Waals surface area contributed by atoms with Crippen molar-refractivity contribution >= 4 is 0 Å². The van der Waals surface area contributed by atoms with E-state index >= 15 is 0 Å². The normalized spacial score (nSPS) is 22.1. The van der Waals surface area contributed by atoms with E-state index in [1.807, 2.05) is 6.07 Å². The van der Waals surface area contributed by atoms with Crippen molar-refractivity contribution in [1.82, 2.24) is 14.7 Å². The van der Waals surface area contributed by atoms with Crippen LogP contribution in [0.15, 0.2) is 18.2 Å². The first kappa shape index (κ1) is 19.5. The second kappa shape index (κ2) is 9.58. The van der Waals surface area contributed by atoms with Crippen LogP contribution in [-0.2, 0) is 6.54 Å². The van der Waals surface area contributed by atoms with Crippen molar-refractivity contribution in [3.8, 4) is 11.5 Å². The Morgan fingerprint density at radius 2 is 1.92 bits per heavy atom. The fourth-order valence-corrected chi connectivity index (χ4v) is 4.12. The van der Waals surface area contributed by atoms with Crippen LogP contribution in [0, 0.1) is 0 Å². The number of ether oxygens (including phenoxy) is 2. The average molecular weight is 362 g/mol. The van der Waals surface area contributed by atoms with Crippen LogP contribution in [0.3, 0.4) is 0 Å². The number of benzene rings is 1. The number of hydrogen-bond acceptors (Lipinski definition) is 5. The maximum atomic E-state index is 6.12. The summed E-state index contributed by atoms with van der Waals surface area (Å²) in [6.07, 6.45) is 5.44. The second-order valence-electron chi connectivity index (χ2n) is 7.87. The lowest BCUT2D eigenvalue weighted by Gasteiger charge is -2.32. The molecule has 2 aliphatic rings. The number of para-hydroxylation sites is 1. The van der Waals surface area contributed by atoms with Gasteiger partial charge in [0.15, 0.2) is 11.5 Å². The van der Waals surface area contributed by atoms with Crippen molar-refractivity contribution in [3.05, 3.63) is 23.8 Å². The van der Waals surface area contributed by atoms with E-state index in [-0.39, 0.29) is 0 Å². The minimum absolute atomic E-state index is 0.677. The molecule has 5 nitrogen and oxygen atoms in total. The summed E-state index contributed by atoms with van der Waals surface area (Å²) < 4.78 is 11.7. The predicted molar refractivity (Wildman–Crippen MR) is 106 cm³/mol. The Labute approximate surface area is 158 Å². The molecule has 2 heterocycles. The Bertz CT molecular complexity index is 558. The zero-order valence-electron chi connectivity index (χ0n) is 16.7. The van der Waals surface area contributed by atoms with Crippen LogP contribution >= 0.6 is 0 Å². The SMILES string of the molecule is COc1cccc(CN2CCC(N3CCCCC3)C2)c1OCCN(C)C. The summed E-state index contributed by atoms with van der Waals surface area (Å²) >= 11 is 0. The lowest BCUT2D eigenvalue weighted by molar-refractivity contribution is 0.161. The van der Waals surface area contributed by atoms with Crippen LogP contribution in [0.1, 0.15) is 31.2 Å². The summed E-state index contributed by atoms with van der Waals surface area (Å²) in [6.45, 7) is 7.45. The van der Waals surface area contributed by atoms with Gasteiger partial charge in [-0.05, 0) is 52.5 Å². The number of piperidine rings is 1. The third-order valence-corrected chi connectivity index (χ3v) is 5.61. The molecule has 0 bridgehead atoms. The maximum absolute atomic E-state index is 6.12. The topological polar surface area (TPSA) is 28.2 Å². The van der Waals surface area contributed by atoms with Gasteiger partial charge in [0.1, 0.15) is 6.61 Å². The summed E-state index contributed by atoms with van der Waals surface area (Å²) in [5.74, 6) is 1.76. The highest BCUT2D eigenvalue weighted by molar-refractivity contribution is 5.46. The van der Waals surface area contributed by atoms with Crippen LogP contribution in [-0.4, -0.2) is 81.3 Å². The maximum Gasteiger partial charge on any atom is 0.165 e. The van der Waals surface area contributed by atoms with E-state index in [2.05, 4.69) is 40.9 Å². The summed E-state index contributed by atoms with van der Waals surface area (Å²) in [7, 11) is 5.86. The Hall–Kier alpha value is -1.30. The molecule has 0 spiro atoms. The first-order valence-corrected chi connectivity index (χ1v) is 10.1. The zero-order valence-corrected chi connectivity index (χ0v) is 16.7. The van der Waals surface area contributed by atoms with E-state index < -0.39 is 0 Å². The van der Waals surface area contributed by atoms with Gasteiger partial charge in [-0.2, -0.15) is 0 Å². The van der Waals surface area contributed by atoms with Crippen LogP contribution in [0.4, 0.5) is 0 Å². The standard InChI is InChI=1S/C21H35N3O2/c1-22(2)14-15-26-21-18(8-7-9-20(21)25-3)16-23-13-10-19(17-23)24-11-5-4-6-12-24/h7-9,19H,4-6,10-17H2,1-3H3. The number of likely N-dealkylation sites (N-methyl/N-ethyl adjacent to an activating group) is 1. The molecule has 1 aromatic carbocycles. The number of likely N-dealkylation sites (tertiary alicyclic amines) is 2. The van der Waals surface area contributed by atoms with Gasteiger partial charge in [-0.25, -0.2) is 0 Å². The molecule has 0 amide bonds. The second-order valence-corrected chi connectivity index (χ2v) is 7.87. The monoisotopic (exact) mass is 361 g/mol. The summed E-state index contributed by atoms with van der Waals surface area (Å²) in [5, 5.41) is 0. The van der Waals surface area contributed by atoms with Gasteiger partial charge in [-0.15, -0.1) is 0 Å². The molecule has 0 radical (unpaired) electrons. The van der Waals surface area contributed by atoms with Crippen molar-refractivity contribution in [2.45, 2.75) is 38.3 Å². The molecule has 0 aliphatic carbocycles. The number of methoxy groups -OCH3 is 1. The zero-order chi connectivity index (χ0) is 18.4. The van der Waals surface area contributed by atoms with Gasteiger partial charge >= 0.3 is 0 Å². The molecule has 1 unspecified atom stereocenters. The summed E-state index contributed by atoms with van der Waals surface area (Å²) in [6, 6.07) is 6.99. The molecule has 5 heteroatoms. The van der Waals surface area contributed by atoms with Crippen molar-refractivity contribution < 1.29 is 9.47 Å². The molecule has 0 N–H and O–H groups in total. The number of nitrogens with zero attached hydrogens (tertiary/aromatic N) is 3. The smallest absolute Gasteiger partial charge is 0.165 e. The minimum atomic E-state index is 0.677. The highest BCUT2D eigenvalue weighted by atomic mass is 16.5. The Kier molecular flexibility index (Phi) is 7.17. The molecule has 2 aliphatic heterocycles. The Morgan fingerprint density at radius 1 is 1.12 bits per heavy atom. The van der Waals surface area contributed by atoms with Gasteiger partial charge in [0.05, 0.1) is 7.11 Å². The largest absolute Gasteiger partial charge is 0.493 e. The quantitative estimate of drug-likeness (QED) is 0.710. The van der Waals surface area contributed by atoms with Crippen LogP contribution < -0.4 is 9.47 Å². The average Bonchev–Trinajstić information content (AvgIpc) is 3.12.